The lowest BCUT2D eigenvalue weighted by Gasteiger charge is -2.35. The van der Waals surface area contributed by atoms with Crippen molar-refractivity contribution in [2.75, 3.05) is 13.1 Å². The summed E-state index contributed by atoms with van der Waals surface area (Å²) in [5, 5.41) is 20.6. The molecule has 0 saturated carbocycles. The number of aliphatic hydroxyl groups is 1. The fourth-order valence-corrected chi connectivity index (χ4v) is 4.11. The molecule has 0 bridgehead atoms. The zero-order valence-corrected chi connectivity index (χ0v) is 12.5. The predicted molar refractivity (Wildman–Crippen MR) is 77.2 cm³/mol. The Hall–Kier alpha value is -1.51. The molecule has 1 aromatic carbocycles. The molecular weight excluding hydrogens is 296 g/mol. The van der Waals surface area contributed by atoms with E-state index in [9.17, 15) is 23.6 Å². The summed E-state index contributed by atoms with van der Waals surface area (Å²) < 4.78 is 26.0. The fourth-order valence-electron chi connectivity index (χ4n) is 2.43. The predicted octanol–water partition coefficient (Wildman–Crippen LogP) is 1.27. The lowest BCUT2D eigenvalue weighted by atomic mass is 9.97. The van der Waals surface area contributed by atoms with Gasteiger partial charge in [0.05, 0.1) is 16.3 Å². The SMILES string of the molecule is CC1(O)CCCN(S(=O)(=O)Cc2ccc([N+](=O)[O-])cc2)C1. The van der Waals surface area contributed by atoms with E-state index in [2.05, 4.69) is 0 Å². The van der Waals surface area contributed by atoms with E-state index in [1.54, 1.807) is 6.92 Å². The number of hydrogen-bond acceptors (Lipinski definition) is 5. The third-order valence-electron chi connectivity index (χ3n) is 3.53. The van der Waals surface area contributed by atoms with Crippen LogP contribution in [-0.2, 0) is 15.8 Å². The number of rotatable bonds is 4. The van der Waals surface area contributed by atoms with Crippen LogP contribution in [0.1, 0.15) is 25.3 Å². The maximum absolute atomic E-state index is 12.3. The van der Waals surface area contributed by atoms with Crippen molar-refractivity contribution in [1.82, 2.24) is 4.31 Å². The van der Waals surface area contributed by atoms with Crippen LogP contribution in [0.3, 0.4) is 0 Å². The van der Waals surface area contributed by atoms with E-state index in [4.69, 9.17) is 0 Å². The highest BCUT2D eigenvalue weighted by Crippen LogP contribution is 2.24. The van der Waals surface area contributed by atoms with E-state index in [1.165, 1.54) is 28.6 Å². The number of hydrogen-bond donors (Lipinski definition) is 1. The first-order valence-corrected chi connectivity index (χ1v) is 8.24. The normalized spacial score (nSPS) is 23.9. The Bertz CT molecular complexity index is 624. The van der Waals surface area contributed by atoms with Crippen LogP contribution in [0.25, 0.3) is 0 Å². The molecule has 1 aromatic rings. The Balaban J connectivity index is 2.12. The van der Waals surface area contributed by atoms with Crippen molar-refractivity contribution in [1.29, 1.82) is 0 Å². The summed E-state index contributed by atoms with van der Waals surface area (Å²) in [5.74, 6) is -0.221. The van der Waals surface area contributed by atoms with Gasteiger partial charge in [-0.25, -0.2) is 8.42 Å². The van der Waals surface area contributed by atoms with E-state index >= 15 is 0 Å². The number of nitro groups is 1. The smallest absolute Gasteiger partial charge is 0.269 e. The lowest BCUT2D eigenvalue weighted by molar-refractivity contribution is -0.384. The summed E-state index contributed by atoms with van der Waals surface area (Å²) in [6.45, 7) is 2.11. The van der Waals surface area contributed by atoms with Crippen LogP contribution in [0.15, 0.2) is 24.3 Å². The van der Waals surface area contributed by atoms with Crippen molar-refractivity contribution in [3.05, 3.63) is 39.9 Å². The van der Waals surface area contributed by atoms with Gasteiger partial charge < -0.3 is 5.11 Å². The van der Waals surface area contributed by atoms with Gasteiger partial charge in [0, 0.05) is 25.2 Å². The van der Waals surface area contributed by atoms with E-state index in [1.807, 2.05) is 0 Å². The van der Waals surface area contributed by atoms with Gasteiger partial charge in [-0.05, 0) is 25.3 Å². The van der Waals surface area contributed by atoms with Crippen LogP contribution in [0.2, 0.25) is 0 Å². The molecule has 0 amide bonds. The molecule has 1 aliphatic rings. The molecule has 1 saturated heterocycles. The van der Waals surface area contributed by atoms with Gasteiger partial charge in [-0.1, -0.05) is 12.1 Å². The standard InChI is InChI=1S/C13H18N2O5S/c1-13(16)7-2-8-14(10-13)21(19,20)9-11-3-5-12(6-4-11)15(17)18/h3-6,16H,2,7-10H2,1H3. The Morgan fingerprint density at radius 2 is 2.00 bits per heavy atom. The highest BCUT2D eigenvalue weighted by Gasteiger charge is 2.34. The third-order valence-corrected chi connectivity index (χ3v) is 5.33. The number of piperidine rings is 1. The van der Waals surface area contributed by atoms with Crippen molar-refractivity contribution in [2.24, 2.45) is 0 Å². The molecule has 1 heterocycles. The largest absolute Gasteiger partial charge is 0.389 e. The van der Waals surface area contributed by atoms with Crippen LogP contribution in [0.5, 0.6) is 0 Å². The van der Waals surface area contributed by atoms with Crippen molar-refractivity contribution in [2.45, 2.75) is 31.1 Å². The molecule has 2 rings (SSSR count). The molecule has 1 aliphatic heterocycles. The number of sulfonamides is 1. The first kappa shape index (κ1) is 15.9. The minimum Gasteiger partial charge on any atom is -0.389 e. The molecule has 0 aliphatic carbocycles. The molecule has 116 valence electrons. The Morgan fingerprint density at radius 1 is 1.38 bits per heavy atom. The van der Waals surface area contributed by atoms with E-state index < -0.39 is 20.5 Å². The first-order chi connectivity index (χ1) is 9.70. The van der Waals surface area contributed by atoms with Gasteiger partial charge in [0.1, 0.15) is 0 Å². The quantitative estimate of drug-likeness (QED) is 0.666. The second-order valence-electron chi connectivity index (χ2n) is 5.61. The number of β-amino-alcohol motifs (C(OH)–C–C–N with tert-alkyl or cyclic N) is 1. The minimum atomic E-state index is -3.54. The van der Waals surface area contributed by atoms with Gasteiger partial charge in [-0.3, -0.25) is 10.1 Å². The van der Waals surface area contributed by atoms with Crippen LogP contribution in [0.4, 0.5) is 5.69 Å². The topological polar surface area (TPSA) is 101 Å². The van der Waals surface area contributed by atoms with Crippen LogP contribution >= 0.6 is 0 Å². The molecule has 1 N–H and O–H groups in total. The summed E-state index contributed by atoms with van der Waals surface area (Å²) in [6, 6.07) is 5.46. The Kier molecular flexibility index (Phi) is 4.31. The van der Waals surface area contributed by atoms with Gasteiger partial charge in [-0.15, -0.1) is 0 Å². The van der Waals surface area contributed by atoms with Crippen LogP contribution in [-0.4, -0.2) is 41.4 Å². The minimum absolute atomic E-state index is 0.0722. The van der Waals surface area contributed by atoms with Gasteiger partial charge >= 0.3 is 0 Å². The zero-order valence-electron chi connectivity index (χ0n) is 11.7. The van der Waals surface area contributed by atoms with Gasteiger partial charge in [0.2, 0.25) is 10.0 Å². The molecule has 0 aromatic heterocycles. The zero-order chi connectivity index (χ0) is 15.7. The van der Waals surface area contributed by atoms with Crippen LogP contribution in [0, 0.1) is 10.1 Å². The summed E-state index contributed by atoms with van der Waals surface area (Å²) in [7, 11) is -3.54. The number of nitro benzene ring substituents is 1. The van der Waals surface area contributed by atoms with Gasteiger partial charge in [0.25, 0.3) is 5.69 Å². The molecular formula is C13H18N2O5S. The maximum Gasteiger partial charge on any atom is 0.269 e. The summed E-state index contributed by atoms with van der Waals surface area (Å²) >= 11 is 0. The van der Waals surface area contributed by atoms with Crippen molar-refractivity contribution in [3.63, 3.8) is 0 Å². The average Bonchev–Trinajstić information content (AvgIpc) is 2.37. The van der Waals surface area contributed by atoms with Crippen molar-refractivity contribution < 1.29 is 18.4 Å². The first-order valence-electron chi connectivity index (χ1n) is 6.63. The van der Waals surface area contributed by atoms with Gasteiger partial charge in [0.15, 0.2) is 0 Å². The lowest BCUT2D eigenvalue weighted by Crippen LogP contribution is -2.48. The molecule has 0 radical (unpaired) electrons. The molecule has 21 heavy (non-hydrogen) atoms. The Morgan fingerprint density at radius 3 is 2.52 bits per heavy atom. The highest BCUT2D eigenvalue weighted by atomic mass is 32.2. The van der Waals surface area contributed by atoms with Crippen molar-refractivity contribution in [3.8, 4) is 0 Å². The number of nitrogens with zero attached hydrogens (tertiary/aromatic N) is 2. The summed E-state index contributed by atoms with van der Waals surface area (Å²) in [4.78, 5) is 10.0. The van der Waals surface area contributed by atoms with E-state index in [0.29, 0.717) is 24.9 Å². The highest BCUT2D eigenvalue weighted by molar-refractivity contribution is 7.88. The summed E-state index contributed by atoms with van der Waals surface area (Å²) in [5.41, 5.74) is -0.580. The molecule has 8 heteroatoms. The summed E-state index contributed by atoms with van der Waals surface area (Å²) in [6.07, 6.45) is 1.20. The second kappa shape index (κ2) is 5.70. The monoisotopic (exact) mass is 314 g/mol. The number of non-ortho nitro benzene ring substituents is 1. The van der Waals surface area contributed by atoms with Crippen molar-refractivity contribution >= 4 is 15.7 Å². The van der Waals surface area contributed by atoms with E-state index in [0.717, 1.165) is 0 Å². The fraction of sp³-hybridized carbons (Fsp3) is 0.538. The molecule has 1 fully saturated rings. The average molecular weight is 314 g/mol. The van der Waals surface area contributed by atoms with Gasteiger partial charge in [-0.2, -0.15) is 4.31 Å². The Labute approximate surface area is 123 Å². The molecule has 1 atom stereocenters. The third kappa shape index (κ3) is 3.99. The van der Waals surface area contributed by atoms with Crippen LogP contribution < -0.4 is 0 Å². The molecule has 7 nitrogen and oxygen atoms in total. The second-order valence-corrected chi connectivity index (χ2v) is 7.58. The molecule has 0 spiro atoms. The number of benzene rings is 1. The van der Waals surface area contributed by atoms with E-state index in [-0.39, 0.29) is 18.0 Å². The molecule has 1 unspecified atom stereocenters. The maximum atomic E-state index is 12.3.